The molecule has 0 amide bonds. The molecule has 0 saturated heterocycles. The van der Waals surface area contributed by atoms with Crippen LogP contribution in [-0.4, -0.2) is 55.3 Å². The number of aliphatic hydroxyl groups is 1. The van der Waals surface area contributed by atoms with Crippen LogP contribution in [0.3, 0.4) is 0 Å². The maximum atomic E-state index is 9.51. The number of aliphatic hydroxyl groups excluding tert-OH is 1. The number of rotatable bonds is 6. The number of aromatic nitrogens is 5. The lowest BCUT2D eigenvalue weighted by atomic mass is 10.1. The second-order valence-corrected chi connectivity index (χ2v) is 5.29. The van der Waals surface area contributed by atoms with Gasteiger partial charge in [0.1, 0.15) is 6.33 Å². The highest BCUT2D eigenvalue weighted by atomic mass is 16.3. The predicted molar refractivity (Wildman–Crippen MR) is 80.7 cm³/mol. The minimum Gasteiger partial charge on any atom is -0.394 e. The van der Waals surface area contributed by atoms with E-state index in [1.54, 1.807) is 23.3 Å². The Bertz CT molecular complexity index is 582. The molecule has 2 aromatic heterocycles. The maximum absolute atomic E-state index is 9.51. The summed E-state index contributed by atoms with van der Waals surface area (Å²) in [6.45, 7) is 6.51. The van der Waals surface area contributed by atoms with Crippen molar-refractivity contribution in [2.45, 2.75) is 26.3 Å². The minimum absolute atomic E-state index is 0.00781. The van der Waals surface area contributed by atoms with E-state index >= 15 is 0 Å². The van der Waals surface area contributed by atoms with Crippen molar-refractivity contribution in [2.75, 3.05) is 30.4 Å². The molecule has 0 aromatic carbocycles. The van der Waals surface area contributed by atoms with Crippen LogP contribution in [-0.2, 0) is 0 Å². The van der Waals surface area contributed by atoms with Gasteiger partial charge in [0.2, 0.25) is 17.8 Å². The molecule has 114 valence electrons. The summed E-state index contributed by atoms with van der Waals surface area (Å²) >= 11 is 0. The molecule has 2 heterocycles. The fourth-order valence-corrected chi connectivity index (χ4v) is 1.61. The summed E-state index contributed by atoms with van der Waals surface area (Å²) < 4.78 is 1.71. The summed E-state index contributed by atoms with van der Waals surface area (Å²) in [6, 6.07) is 0. The van der Waals surface area contributed by atoms with Gasteiger partial charge in [-0.05, 0) is 20.8 Å². The molecule has 0 bridgehead atoms. The van der Waals surface area contributed by atoms with Gasteiger partial charge in [-0.15, -0.1) is 0 Å². The van der Waals surface area contributed by atoms with Crippen molar-refractivity contribution in [1.82, 2.24) is 24.5 Å². The Kier molecular flexibility index (Phi) is 4.37. The summed E-state index contributed by atoms with van der Waals surface area (Å²) in [5.41, 5.74) is -0.475. The van der Waals surface area contributed by atoms with Crippen LogP contribution in [0.25, 0.3) is 5.95 Å². The zero-order chi connectivity index (χ0) is 15.5. The minimum atomic E-state index is -0.475. The van der Waals surface area contributed by atoms with Gasteiger partial charge in [0, 0.05) is 26.0 Å². The zero-order valence-electron chi connectivity index (χ0n) is 12.8. The Morgan fingerprint density at radius 1 is 1.33 bits per heavy atom. The average Bonchev–Trinajstić information content (AvgIpc) is 3.00. The van der Waals surface area contributed by atoms with Crippen molar-refractivity contribution in [3.8, 4) is 5.95 Å². The van der Waals surface area contributed by atoms with Crippen LogP contribution in [0.2, 0.25) is 0 Å². The third-order valence-corrected chi connectivity index (χ3v) is 3.28. The molecule has 0 aliphatic carbocycles. The van der Waals surface area contributed by atoms with Crippen LogP contribution >= 0.6 is 0 Å². The van der Waals surface area contributed by atoms with E-state index in [4.69, 9.17) is 0 Å². The highest BCUT2D eigenvalue weighted by molar-refractivity contribution is 5.41. The van der Waals surface area contributed by atoms with Crippen molar-refractivity contribution in [2.24, 2.45) is 0 Å². The SMILES string of the molecule is CCNc1nc(N(C)C(C)(C)CO)nc(-n2ccnc2)n1. The standard InChI is InChI=1S/C13H21N7O/c1-5-15-10-16-11(19(4)13(2,3)8-21)18-12(17-10)20-7-6-14-9-20/h6-7,9,21H,5,8H2,1-4H3,(H,15,16,17,18). The van der Waals surface area contributed by atoms with Gasteiger partial charge in [0.05, 0.1) is 12.1 Å². The highest BCUT2D eigenvalue weighted by Gasteiger charge is 2.26. The third-order valence-electron chi connectivity index (χ3n) is 3.28. The number of anilines is 2. The Labute approximate surface area is 123 Å². The molecule has 0 fully saturated rings. The number of nitrogens with zero attached hydrogens (tertiary/aromatic N) is 6. The molecule has 2 N–H and O–H groups in total. The van der Waals surface area contributed by atoms with E-state index in [1.165, 1.54) is 0 Å². The molecule has 21 heavy (non-hydrogen) atoms. The van der Waals surface area contributed by atoms with E-state index < -0.39 is 5.54 Å². The molecule has 2 aromatic rings. The first-order chi connectivity index (χ1) is 9.97. The van der Waals surface area contributed by atoms with Crippen LogP contribution in [0, 0.1) is 0 Å². The van der Waals surface area contributed by atoms with E-state index in [9.17, 15) is 5.11 Å². The monoisotopic (exact) mass is 291 g/mol. The number of imidazole rings is 1. The molecule has 8 nitrogen and oxygen atoms in total. The van der Waals surface area contributed by atoms with Gasteiger partial charge >= 0.3 is 0 Å². The second-order valence-electron chi connectivity index (χ2n) is 5.29. The lowest BCUT2D eigenvalue weighted by Gasteiger charge is -2.34. The third kappa shape index (κ3) is 3.27. The van der Waals surface area contributed by atoms with E-state index in [0.29, 0.717) is 24.4 Å². The van der Waals surface area contributed by atoms with Gasteiger partial charge in [-0.3, -0.25) is 4.57 Å². The van der Waals surface area contributed by atoms with Gasteiger partial charge < -0.3 is 15.3 Å². The lowest BCUT2D eigenvalue weighted by Crippen LogP contribution is -2.45. The maximum Gasteiger partial charge on any atom is 0.241 e. The van der Waals surface area contributed by atoms with Crippen molar-refractivity contribution < 1.29 is 5.11 Å². The second kappa shape index (κ2) is 6.04. The van der Waals surface area contributed by atoms with Crippen LogP contribution < -0.4 is 10.2 Å². The first kappa shape index (κ1) is 15.2. The Morgan fingerprint density at radius 3 is 2.67 bits per heavy atom. The van der Waals surface area contributed by atoms with E-state index in [2.05, 4.69) is 25.3 Å². The van der Waals surface area contributed by atoms with Crippen LogP contribution in [0.4, 0.5) is 11.9 Å². The molecular formula is C13H21N7O. The Balaban J connectivity index is 2.45. The summed E-state index contributed by atoms with van der Waals surface area (Å²) in [6.07, 6.45) is 5.07. The highest BCUT2D eigenvalue weighted by Crippen LogP contribution is 2.20. The van der Waals surface area contributed by atoms with Gasteiger partial charge in [-0.25, -0.2) is 4.98 Å². The molecule has 0 unspecified atom stereocenters. The molecular weight excluding hydrogens is 270 g/mol. The van der Waals surface area contributed by atoms with E-state index in [1.807, 2.05) is 32.7 Å². The number of likely N-dealkylation sites (N-methyl/N-ethyl adjacent to an activating group) is 1. The fraction of sp³-hybridized carbons (Fsp3) is 0.538. The number of hydrogen-bond donors (Lipinski definition) is 2. The molecule has 0 radical (unpaired) electrons. The summed E-state index contributed by atoms with van der Waals surface area (Å²) in [5.74, 6) is 1.46. The summed E-state index contributed by atoms with van der Waals surface area (Å²) in [4.78, 5) is 19.0. The van der Waals surface area contributed by atoms with Gasteiger partial charge in [-0.1, -0.05) is 0 Å². The van der Waals surface area contributed by atoms with E-state index in [0.717, 1.165) is 0 Å². The molecule has 0 aliphatic heterocycles. The van der Waals surface area contributed by atoms with Crippen molar-refractivity contribution in [1.29, 1.82) is 0 Å². The summed E-state index contributed by atoms with van der Waals surface area (Å²) in [5, 5.41) is 12.6. The number of hydrogen-bond acceptors (Lipinski definition) is 7. The first-order valence-electron chi connectivity index (χ1n) is 6.81. The van der Waals surface area contributed by atoms with E-state index in [-0.39, 0.29) is 6.61 Å². The number of nitrogens with one attached hydrogen (secondary N) is 1. The van der Waals surface area contributed by atoms with Crippen LogP contribution in [0.5, 0.6) is 0 Å². The Morgan fingerprint density at radius 2 is 2.10 bits per heavy atom. The largest absolute Gasteiger partial charge is 0.394 e. The van der Waals surface area contributed by atoms with Gasteiger partial charge in [0.15, 0.2) is 0 Å². The molecule has 0 spiro atoms. The summed E-state index contributed by atoms with van der Waals surface area (Å²) in [7, 11) is 1.85. The Hall–Kier alpha value is -2.22. The van der Waals surface area contributed by atoms with Crippen LogP contribution in [0.1, 0.15) is 20.8 Å². The van der Waals surface area contributed by atoms with Crippen molar-refractivity contribution in [3.05, 3.63) is 18.7 Å². The van der Waals surface area contributed by atoms with Crippen LogP contribution in [0.15, 0.2) is 18.7 Å². The normalized spacial score (nSPS) is 11.5. The zero-order valence-corrected chi connectivity index (χ0v) is 12.8. The molecule has 2 rings (SSSR count). The fourth-order valence-electron chi connectivity index (χ4n) is 1.61. The molecule has 0 aliphatic rings. The molecule has 0 saturated carbocycles. The smallest absolute Gasteiger partial charge is 0.241 e. The lowest BCUT2D eigenvalue weighted by molar-refractivity contribution is 0.215. The topological polar surface area (TPSA) is 92.0 Å². The molecule has 0 atom stereocenters. The van der Waals surface area contributed by atoms with Gasteiger partial charge in [-0.2, -0.15) is 15.0 Å². The first-order valence-corrected chi connectivity index (χ1v) is 6.81. The van der Waals surface area contributed by atoms with Gasteiger partial charge in [0.25, 0.3) is 0 Å². The molecule has 8 heteroatoms. The predicted octanol–water partition coefficient (Wildman–Crippen LogP) is 0.696. The van der Waals surface area contributed by atoms with Crippen molar-refractivity contribution >= 4 is 11.9 Å². The van der Waals surface area contributed by atoms with Crippen molar-refractivity contribution in [3.63, 3.8) is 0 Å². The average molecular weight is 291 g/mol. The quantitative estimate of drug-likeness (QED) is 0.809.